The third kappa shape index (κ3) is 3.90. The molecule has 2 aromatic carbocycles. The number of aromatic nitrogens is 2. The Morgan fingerprint density at radius 1 is 0.933 bits per heavy atom. The van der Waals surface area contributed by atoms with E-state index in [0.717, 1.165) is 4.68 Å². The van der Waals surface area contributed by atoms with Crippen molar-refractivity contribution in [1.82, 2.24) is 9.78 Å². The minimum absolute atomic E-state index is 0.0254. The van der Waals surface area contributed by atoms with Crippen LogP contribution >= 0.6 is 0 Å². The number of ether oxygens (including phenoxy) is 2. The molecule has 0 fully saturated rings. The highest BCUT2D eigenvalue weighted by atomic mass is 16.5. The molecule has 0 amide bonds. The van der Waals surface area contributed by atoms with Crippen molar-refractivity contribution in [1.29, 1.82) is 0 Å². The van der Waals surface area contributed by atoms with Crippen LogP contribution in [0.2, 0.25) is 0 Å². The number of hydrogen-bond acceptors (Lipinski definition) is 7. The molecule has 1 N–H and O–H groups in total. The van der Waals surface area contributed by atoms with E-state index in [0.29, 0.717) is 0 Å². The molecule has 0 spiro atoms. The Labute approximate surface area is 170 Å². The molecule has 1 heterocycles. The maximum atomic E-state index is 12.9. The van der Waals surface area contributed by atoms with Crippen LogP contribution in [0.25, 0.3) is 16.6 Å². The van der Waals surface area contributed by atoms with E-state index in [-0.39, 0.29) is 40.9 Å². The molecule has 0 saturated heterocycles. The highest BCUT2D eigenvalue weighted by Crippen LogP contribution is 2.19. The number of hydrogen-bond donors (Lipinski definition) is 1. The van der Waals surface area contributed by atoms with Crippen LogP contribution < -0.4 is 5.56 Å². The van der Waals surface area contributed by atoms with Gasteiger partial charge in [0.2, 0.25) is 0 Å². The molecule has 0 aliphatic heterocycles. The number of nitrogens with zero attached hydrogens (tertiary/aromatic N) is 2. The number of benzene rings is 2. The summed E-state index contributed by atoms with van der Waals surface area (Å²) in [5.74, 6) is -2.60. The zero-order valence-corrected chi connectivity index (χ0v) is 16.2. The van der Waals surface area contributed by atoms with Crippen LogP contribution in [0.15, 0.2) is 47.3 Å². The molecule has 0 bridgehead atoms. The number of rotatable bonds is 6. The van der Waals surface area contributed by atoms with E-state index in [4.69, 9.17) is 9.47 Å². The Kier molecular flexibility index (Phi) is 5.91. The number of carboxylic acid groups (broad SMARTS) is 1. The number of esters is 2. The van der Waals surface area contributed by atoms with Crippen molar-refractivity contribution in [2.24, 2.45) is 0 Å². The first-order valence-electron chi connectivity index (χ1n) is 9.12. The lowest BCUT2D eigenvalue weighted by atomic mass is 10.1. The number of aromatic carboxylic acids is 1. The maximum Gasteiger partial charge on any atom is 0.342 e. The number of carbonyl (C=O) groups excluding carboxylic acids is 2. The van der Waals surface area contributed by atoms with Crippen molar-refractivity contribution in [3.8, 4) is 5.69 Å². The zero-order chi connectivity index (χ0) is 21.8. The topological polar surface area (TPSA) is 125 Å². The first-order valence-corrected chi connectivity index (χ1v) is 9.12. The van der Waals surface area contributed by atoms with E-state index in [1.165, 1.54) is 42.5 Å². The molecule has 0 atom stereocenters. The molecule has 0 aliphatic rings. The Morgan fingerprint density at radius 3 is 2.07 bits per heavy atom. The molecule has 0 radical (unpaired) electrons. The standard InChI is InChI=1S/C21H18N2O7/c1-3-29-20(27)12-5-8-14(9-6-12)23-18(24)17(19(25)26)15-11-13(21(28)30-4-2)7-10-16(15)22-23/h5-11H,3-4H2,1-2H3,(H,25,26). The third-order valence-corrected chi connectivity index (χ3v) is 4.23. The third-order valence-electron chi connectivity index (χ3n) is 4.23. The molecule has 0 saturated carbocycles. The van der Waals surface area contributed by atoms with Gasteiger partial charge in [-0.25, -0.2) is 14.4 Å². The average molecular weight is 410 g/mol. The van der Waals surface area contributed by atoms with Crippen molar-refractivity contribution >= 4 is 28.8 Å². The molecular formula is C21H18N2O7. The summed E-state index contributed by atoms with van der Waals surface area (Å²) in [6.07, 6.45) is 0. The summed E-state index contributed by atoms with van der Waals surface area (Å²) < 4.78 is 10.8. The molecule has 3 rings (SSSR count). The predicted molar refractivity (Wildman–Crippen MR) is 106 cm³/mol. The number of carbonyl (C=O) groups is 3. The van der Waals surface area contributed by atoms with Gasteiger partial charge in [0.05, 0.1) is 35.5 Å². The lowest BCUT2D eigenvalue weighted by Crippen LogP contribution is -2.28. The van der Waals surface area contributed by atoms with Gasteiger partial charge in [-0.15, -0.1) is 0 Å². The summed E-state index contributed by atoms with van der Waals surface area (Å²) in [6.45, 7) is 3.72. The summed E-state index contributed by atoms with van der Waals surface area (Å²) >= 11 is 0. The van der Waals surface area contributed by atoms with Crippen LogP contribution in [0, 0.1) is 0 Å². The molecule has 1 aromatic heterocycles. The van der Waals surface area contributed by atoms with E-state index in [1.54, 1.807) is 13.8 Å². The first kappa shape index (κ1) is 20.7. The van der Waals surface area contributed by atoms with Crippen LogP contribution in [-0.2, 0) is 9.47 Å². The molecule has 9 nitrogen and oxygen atoms in total. The van der Waals surface area contributed by atoms with Gasteiger partial charge in [-0.05, 0) is 56.3 Å². The molecule has 154 valence electrons. The fourth-order valence-electron chi connectivity index (χ4n) is 2.87. The summed E-state index contributed by atoms with van der Waals surface area (Å²) in [6, 6.07) is 10.00. The zero-order valence-electron chi connectivity index (χ0n) is 16.2. The first-order chi connectivity index (χ1) is 14.4. The second-order valence-corrected chi connectivity index (χ2v) is 6.12. The van der Waals surface area contributed by atoms with Crippen molar-refractivity contribution in [3.05, 3.63) is 69.5 Å². The Morgan fingerprint density at radius 2 is 1.50 bits per heavy atom. The van der Waals surface area contributed by atoms with Gasteiger partial charge in [-0.2, -0.15) is 9.78 Å². The smallest absolute Gasteiger partial charge is 0.342 e. The van der Waals surface area contributed by atoms with Gasteiger partial charge in [-0.3, -0.25) is 4.79 Å². The van der Waals surface area contributed by atoms with Gasteiger partial charge in [0.15, 0.2) is 0 Å². The second-order valence-electron chi connectivity index (χ2n) is 6.12. The van der Waals surface area contributed by atoms with E-state index in [2.05, 4.69) is 5.10 Å². The summed E-state index contributed by atoms with van der Waals surface area (Å²) in [7, 11) is 0. The van der Waals surface area contributed by atoms with E-state index >= 15 is 0 Å². The van der Waals surface area contributed by atoms with Gasteiger partial charge >= 0.3 is 17.9 Å². The van der Waals surface area contributed by atoms with Crippen molar-refractivity contribution in [3.63, 3.8) is 0 Å². The molecule has 0 aliphatic carbocycles. The summed E-state index contributed by atoms with van der Waals surface area (Å²) in [5, 5.41) is 13.9. The summed E-state index contributed by atoms with van der Waals surface area (Å²) in [4.78, 5) is 48.4. The minimum atomic E-state index is -1.45. The fraction of sp³-hybridized carbons (Fsp3) is 0.190. The number of carboxylic acids is 1. The molecule has 0 unspecified atom stereocenters. The molecular weight excluding hydrogens is 392 g/mol. The van der Waals surface area contributed by atoms with Crippen LogP contribution in [0.4, 0.5) is 0 Å². The van der Waals surface area contributed by atoms with Gasteiger partial charge < -0.3 is 14.6 Å². The molecule has 3 aromatic rings. The monoisotopic (exact) mass is 410 g/mol. The quantitative estimate of drug-likeness (QED) is 0.614. The highest BCUT2D eigenvalue weighted by Gasteiger charge is 2.20. The van der Waals surface area contributed by atoms with Gasteiger partial charge in [0.25, 0.3) is 5.56 Å². The van der Waals surface area contributed by atoms with E-state index in [9.17, 15) is 24.3 Å². The summed E-state index contributed by atoms with van der Waals surface area (Å²) in [5.41, 5.74) is -0.529. The highest BCUT2D eigenvalue weighted by molar-refractivity contribution is 6.04. The van der Waals surface area contributed by atoms with Crippen LogP contribution in [0.1, 0.15) is 44.9 Å². The Bertz CT molecular complexity index is 1200. The maximum absolute atomic E-state index is 12.9. The fourth-order valence-corrected chi connectivity index (χ4v) is 2.87. The predicted octanol–water partition coefficient (Wildman–Crippen LogP) is 2.44. The lowest BCUT2D eigenvalue weighted by Gasteiger charge is -2.10. The van der Waals surface area contributed by atoms with Crippen LogP contribution in [0.3, 0.4) is 0 Å². The van der Waals surface area contributed by atoms with Crippen LogP contribution in [0.5, 0.6) is 0 Å². The Hall–Kier alpha value is -4.01. The van der Waals surface area contributed by atoms with Gasteiger partial charge in [0, 0.05) is 5.39 Å². The van der Waals surface area contributed by atoms with E-state index < -0.39 is 29.0 Å². The number of fused-ring (bicyclic) bond motifs is 1. The Balaban J connectivity index is 2.15. The normalized spacial score (nSPS) is 10.6. The largest absolute Gasteiger partial charge is 0.477 e. The van der Waals surface area contributed by atoms with Gasteiger partial charge in [0.1, 0.15) is 5.56 Å². The molecule has 30 heavy (non-hydrogen) atoms. The molecule has 9 heteroatoms. The SMILES string of the molecule is CCOC(=O)c1ccc(-n2nc3ccc(C(=O)OCC)cc3c(C(=O)O)c2=O)cc1. The minimum Gasteiger partial charge on any atom is -0.477 e. The van der Waals surface area contributed by atoms with Gasteiger partial charge in [-0.1, -0.05) is 0 Å². The second kappa shape index (κ2) is 8.56. The lowest BCUT2D eigenvalue weighted by molar-refractivity contribution is 0.0517. The van der Waals surface area contributed by atoms with Crippen LogP contribution in [-0.4, -0.2) is 46.0 Å². The van der Waals surface area contributed by atoms with Crippen molar-refractivity contribution in [2.75, 3.05) is 13.2 Å². The average Bonchev–Trinajstić information content (AvgIpc) is 2.73. The van der Waals surface area contributed by atoms with E-state index in [1.807, 2.05) is 0 Å². The van der Waals surface area contributed by atoms with Crippen molar-refractivity contribution in [2.45, 2.75) is 13.8 Å². The van der Waals surface area contributed by atoms with Crippen molar-refractivity contribution < 1.29 is 29.0 Å².